The maximum Gasteiger partial charge on any atom is 0.0568 e. The minimum Gasteiger partial charge on any atom is -0.309 e. The molecule has 240 valence electrons. The van der Waals surface area contributed by atoms with Crippen LogP contribution in [0.15, 0.2) is 182 Å². The van der Waals surface area contributed by atoms with Crippen LogP contribution in [0.3, 0.4) is 0 Å². The Labute approximate surface area is 299 Å². The molecular formula is C50H30N2. The third kappa shape index (κ3) is 3.68. The van der Waals surface area contributed by atoms with Gasteiger partial charge in [0.25, 0.3) is 0 Å². The van der Waals surface area contributed by atoms with Crippen LogP contribution in [0.4, 0.5) is 0 Å². The van der Waals surface area contributed by atoms with E-state index in [0.717, 1.165) is 5.69 Å². The topological polar surface area (TPSA) is 9.86 Å². The third-order valence-corrected chi connectivity index (χ3v) is 11.4. The van der Waals surface area contributed by atoms with Crippen LogP contribution in [0.5, 0.6) is 0 Å². The predicted molar refractivity (Wildman–Crippen MR) is 222 cm³/mol. The number of benzene rings is 10. The first kappa shape index (κ1) is 27.9. The van der Waals surface area contributed by atoms with Crippen molar-refractivity contribution in [1.29, 1.82) is 0 Å². The fraction of sp³-hybridized carbons (Fsp3) is 0. The molecule has 2 heteroatoms. The highest BCUT2D eigenvalue weighted by Crippen LogP contribution is 2.49. The van der Waals surface area contributed by atoms with E-state index in [9.17, 15) is 0 Å². The fourth-order valence-electron chi connectivity index (χ4n) is 9.22. The van der Waals surface area contributed by atoms with Crippen LogP contribution in [0.1, 0.15) is 0 Å². The van der Waals surface area contributed by atoms with Gasteiger partial charge in [0.2, 0.25) is 0 Å². The molecule has 0 amide bonds. The molecule has 10 aromatic carbocycles. The molecule has 0 saturated heterocycles. The normalized spacial score (nSPS) is 12.2. The standard InChI is InChI=1S/C50H30N2/c1-2-11-31(12-3-1)32-23-25-35(26-24-32)51-43-19-9-8-17-42(43)48-45(51)30-46-50-47-40(39-15-6-7-16-41(39)49(48)50)18-10-20-44(47)52(46)36-27-28-38-34(29-36)22-21-33-13-4-5-14-37(33)38/h1-30H. The maximum atomic E-state index is 2.51. The van der Waals surface area contributed by atoms with Gasteiger partial charge >= 0.3 is 0 Å². The van der Waals surface area contributed by atoms with Crippen LogP contribution in [0.2, 0.25) is 0 Å². The van der Waals surface area contributed by atoms with E-state index in [4.69, 9.17) is 0 Å². The molecule has 2 heterocycles. The SMILES string of the molecule is c1ccc(-c2ccc(-n3c4ccccc4c4c5c6ccccc6c6cccc7c6c5c(cc43)n7-c3ccc4c(ccc5ccccc54)c3)cc2)cc1. The number of hydrogen-bond acceptors (Lipinski definition) is 0. The first-order valence-electron chi connectivity index (χ1n) is 18.0. The van der Waals surface area contributed by atoms with Crippen LogP contribution in [-0.2, 0) is 0 Å². The van der Waals surface area contributed by atoms with E-state index >= 15 is 0 Å². The highest BCUT2D eigenvalue weighted by atomic mass is 15.0. The average Bonchev–Trinajstić information content (AvgIpc) is 3.73. The summed E-state index contributed by atoms with van der Waals surface area (Å²) in [5, 5.41) is 15.5. The summed E-state index contributed by atoms with van der Waals surface area (Å²) in [7, 11) is 0. The van der Waals surface area contributed by atoms with Gasteiger partial charge in [-0.25, -0.2) is 0 Å². The minimum absolute atomic E-state index is 1.16. The molecule has 0 aliphatic rings. The second-order valence-corrected chi connectivity index (χ2v) is 14.1. The molecule has 0 saturated carbocycles. The van der Waals surface area contributed by atoms with Crippen molar-refractivity contribution in [2.75, 3.05) is 0 Å². The van der Waals surface area contributed by atoms with Crippen LogP contribution >= 0.6 is 0 Å². The highest BCUT2D eigenvalue weighted by molar-refractivity contribution is 6.41. The van der Waals surface area contributed by atoms with Gasteiger partial charge in [0.1, 0.15) is 0 Å². The first-order chi connectivity index (χ1) is 25.8. The molecule has 0 atom stereocenters. The van der Waals surface area contributed by atoms with E-state index in [-0.39, 0.29) is 0 Å². The number of rotatable bonds is 3. The Kier molecular flexibility index (Phi) is 5.53. The van der Waals surface area contributed by atoms with E-state index in [1.54, 1.807) is 0 Å². The average molecular weight is 659 g/mol. The lowest BCUT2D eigenvalue weighted by atomic mass is 9.92. The van der Waals surface area contributed by atoms with Gasteiger partial charge in [0.05, 0.1) is 22.1 Å². The Morgan fingerprint density at radius 1 is 0.250 bits per heavy atom. The van der Waals surface area contributed by atoms with Crippen molar-refractivity contribution in [2.45, 2.75) is 0 Å². The Hall–Kier alpha value is -6.90. The number of para-hydroxylation sites is 1. The van der Waals surface area contributed by atoms with Crippen molar-refractivity contribution < 1.29 is 0 Å². The molecule has 0 aliphatic carbocycles. The largest absolute Gasteiger partial charge is 0.309 e. The Morgan fingerprint density at radius 2 is 0.808 bits per heavy atom. The van der Waals surface area contributed by atoms with Crippen molar-refractivity contribution in [3.05, 3.63) is 182 Å². The van der Waals surface area contributed by atoms with E-state index in [1.807, 2.05) is 0 Å². The van der Waals surface area contributed by atoms with Crippen molar-refractivity contribution in [3.8, 4) is 22.5 Å². The Balaban J connectivity index is 1.24. The molecule has 2 nitrogen and oxygen atoms in total. The monoisotopic (exact) mass is 658 g/mol. The van der Waals surface area contributed by atoms with Crippen molar-refractivity contribution >= 4 is 86.7 Å². The van der Waals surface area contributed by atoms with Gasteiger partial charge in [-0.3, -0.25) is 0 Å². The molecule has 0 N–H and O–H groups in total. The highest BCUT2D eigenvalue weighted by Gasteiger charge is 2.25. The molecule has 0 fully saturated rings. The van der Waals surface area contributed by atoms with E-state index in [0.29, 0.717) is 0 Å². The zero-order chi connectivity index (χ0) is 33.9. The van der Waals surface area contributed by atoms with Gasteiger partial charge in [-0.05, 0) is 91.3 Å². The number of nitrogens with zero attached hydrogens (tertiary/aromatic N) is 2. The van der Waals surface area contributed by atoms with E-state index in [1.165, 1.54) is 104 Å². The van der Waals surface area contributed by atoms with Gasteiger partial charge in [0, 0.05) is 38.3 Å². The summed E-state index contributed by atoms with van der Waals surface area (Å²) in [6.07, 6.45) is 0. The van der Waals surface area contributed by atoms with Crippen LogP contribution < -0.4 is 0 Å². The molecule has 12 aromatic rings. The molecule has 12 rings (SSSR count). The molecular weight excluding hydrogens is 629 g/mol. The van der Waals surface area contributed by atoms with Crippen LogP contribution in [-0.4, -0.2) is 9.13 Å². The second-order valence-electron chi connectivity index (χ2n) is 14.1. The summed E-state index contributed by atoms with van der Waals surface area (Å²) >= 11 is 0. The molecule has 2 aromatic heterocycles. The fourth-order valence-corrected chi connectivity index (χ4v) is 9.22. The number of fused-ring (bicyclic) bond motifs is 10. The number of hydrogen-bond donors (Lipinski definition) is 0. The van der Waals surface area contributed by atoms with E-state index in [2.05, 4.69) is 191 Å². The molecule has 0 spiro atoms. The van der Waals surface area contributed by atoms with Crippen molar-refractivity contribution in [3.63, 3.8) is 0 Å². The van der Waals surface area contributed by atoms with Gasteiger partial charge in [-0.15, -0.1) is 0 Å². The third-order valence-electron chi connectivity index (χ3n) is 11.4. The van der Waals surface area contributed by atoms with Gasteiger partial charge < -0.3 is 9.13 Å². The molecule has 0 bridgehead atoms. The van der Waals surface area contributed by atoms with Gasteiger partial charge in [-0.1, -0.05) is 140 Å². The lowest BCUT2D eigenvalue weighted by Gasteiger charge is -2.13. The smallest absolute Gasteiger partial charge is 0.0568 e. The van der Waals surface area contributed by atoms with Crippen molar-refractivity contribution in [2.24, 2.45) is 0 Å². The quantitative estimate of drug-likeness (QED) is 0.167. The van der Waals surface area contributed by atoms with Crippen LogP contribution in [0.25, 0.3) is 109 Å². The van der Waals surface area contributed by atoms with Crippen LogP contribution in [0, 0.1) is 0 Å². The van der Waals surface area contributed by atoms with Gasteiger partial charge in [-0.2, -0.15) is 0 Å². The van der Waals surface area contributed by atoms with Gasteiger partial charge in [0.15, 0.2) is 0 Å². The summed E-state index contributed by atoms with van der Waals surface area (Å²) < 4.78 is 4.99. The van der Waals surface area contributed by atoms with Crippen molar-refractivity contribution in [1.82, 2.24) is 9.13 Å². The predicted octanol–water partition coefficient (Wildman–Crippen LogP) is 13.6. The summed E-state index contributed by atoms with van der Waals surface area (Å²) in [5.41, 5.74) is 9.66. The summed E-state index contributed by atoms with van der Waals surface area (Å²) in [4.78, 5) is 0. The maximum absolute atomic E-state index is 2.51. The Morgan fingerprint density at radius 3 is 1.67 bits per heavy atom. The molecule has 0 aliphatic heterocycles. The van der Waals surface area contributed by atoms with E-state index < -0.39 is 0 Å². The molecule has 0 radical (unpaired) electrons. The lowest BCUT2D eigenvalue weighted by molar-refractivity contribution is 1.17. The molecule has 0 unspecified atom stereocenters. The first-order valence-corrected chi connectivity index (χ1v) is 18.0. The summed E-state index contributed by atoms with van der Waals surface area (Å²) in [6, 6.07) is 67.2. The minimum atomic E-state index is 1.16. The Bertz CT molecular complexity index is 3380. The molecule has 52 heavy (non-hydrogen) atoms. The zero-order valence-corrected chi connectivity index (χ0v) is 28.2. The number of aromatic nitrogens is 2. The summed E-state index contributed by atoms with van der Waals surface area (Å²) in [5.74, 6) is 0. The lowest BCUT2D eigenvalue weighted by Crippen LogP contribution is -1.96. The second kappa shape index (κ2) is 10.3. The zero-order valence-electron chi connectivity index (χ0n) is 28.2. The summed E-state index contributed by atoms with van der Waals surface area (Å²) in [6.45, 7) is 0.